The van der Waals surface area contributed by atoms with Gasteiger partial charge in [0.2, 0.25) is 0 Å². The van der Waals surface area contributed by atoms with Crippen LogP contribution >= 0.6 is 0 Å². The molecule has 0 radical (unpaired) electrons. The predicted octanol–water partition coefficient (Wildman–Crippen LogP) is 23.6. The van der Waals surface area contributed by atoms with Crippen LogP contribution in [0, 0.1) is 0 Å². The van der Waals surface area contributed by atoms with E-state index in [-0.39, 0.29) is 31.1 Å². The lowest BCUT2D eigenvalue weighted by molar-refractivity contribution is -0.167. The van der Waals surface area contributed by atoms with Crippen LogP contribution in [0.15, 0.2) is 122 Å². The van der Waals surface area contributed by atoms with Crippen molar-refractivity contribution in [2.24, 2.45) is 0 Å². The maximum absolute atomic E-state index is 12.9. The fourth-order valence-electron chi connectivity index (χ4n) is 9.37. The zero-order valence-electron chi connectivity index (χ0n) is 53.0. The predicted molar refractivity (Wildman–Crippen MR) is 353 cm³/mol. The van der Waals surface area contributed by atoms with Gasteiger partial charge in [0.05, 0.1) is 0 Å². The zero-order chi connectivity index (χ0) is 58.5. The summed E-state index contributed by atoms with van der Waals surface area (Å²) >= 11 is 0. The minimum Gasteiger partial charge on any atom is -0.462 e. The first-order valence-electron chi connectivity index (χ1n) is 34.0. The average molecular weight is 1120 g/mol. The number of allylic oxidation sites excluding steroid dienone is 20. The lowest BCUT2D eigenvalue weighted by Gasteiger charge is -2.18. The van der Waals surface area contributed by atoms with Crippen molar-refractivity contribution < 1.29 is 28.6 Å². The van der Waals surface area contributed by atoms with Gasteiger partial charge in [-0.2, -0.15) is 0 Å². The fraction of sp³-hybridized carbons (Fsp3) is 0.693. The summed E-state index contributed by atoms with van der Waals surface area (Å²) in [4.78, 5) is 38.2. The van der Waals surface area contributed by atoms with Gasteiger partial charge in [0.25, 0.3) is 0 Å². The van der Waals surface area contributed by atoms with Crippen molar-refractivity contribution in [3.63, 3.8) is 0 Å². The van der Waals surface area contributed by atoms with Crippen LogP contribution in [0.25, 0.3) is 0 Å². The molecule has 6 nitrogen and oxygen atoms in total. The number of esters is 3. The minimum absolute atomic E-state index is 0.0883. The van der Waals surface area contributed by atoms with Crippen LogP contribution in [0.3, 0.4) is 0 Å². The van der Waals surface area contributed by atoms with Crippen molar-refractivity contribution in [3.8, 4) is 0 Å². The number of hydrogen-bond acceptors (Lipinski definition) is 6. The highest BCUT2D eigenvalue weighted by molar-refractivity contribution is 5.71. The molecule has 0 aromatic heterocycles. The van der Waals surface area contributed by atoms with E-state index in [1.807, 2.05) is 0 Å². The summed E-state index contributed by atoms with van der Waals surface area (Å²) in [6, 6.07) is 0. The Labute approximate surface area is 501 Å². The SMILES string of the molecule is CC/C=C\C/C=C\C/C=C\C/C=C\C/C=C\C/C=C\C/C=C\C/C=C\C/C=C\CCCCCC(=O)OCC(COC(=O)CCCCCCCCCCC)OC(=O)CCCCCCCCCCCCC/C=C\CCCCCCCCCC. The van der Waals surface area contributed by atoms with E-state index in [9.17, 15) is 14.4 Å². The molecule has 0 spiro atoms. The molecule has 0 aliphatic heterocycles. The van der Waals surface area contributed by atoms with Crippen molar-refractivity contribution in [3.05, 3.63) is 122 Å². The molecule has 0 aromatic rings. The third-order valence-electron chi connectivity index (χ3n) is 14.5. The van der Waals surface area contributed by atoms with Gasteiger partial charge in [-0.3, -0.25) is 14.4 Å². The highest BCUT2D eigenvalue weighted by Gasteiger charge is 2.19. The van der Waals surface area contributed by atoms with Gasteiger partial charge in [-0.15, -0.1) is 0 Å². The summed E-state index contributed by atoms with van der Waals surface area (Å²) in [5.41, 5.74) is 0. The molecular formula is C75H126O6. The summed E-state index contributed by atoms with van der Waals surface area (Å²) in [7, 11) is 0. The van der Waals surface area contributed by atoms with Gasteiger partial charge in [0.15, 0.2) is 6.10 Å². The lowest BCUT2D eigenvalue weighted by atomic mass is 10.0. The first-order chi connectivity index (χ1) is 40.0. The molecule has 0 heterocycles. The standard InChI is InChI=1S/C75H126O6/c1-4-7-10-13-16-19-21-23-25-27-29-31-33-34-35-36-37-38-39-40-42-43-45-47-49-51-53-56-59-62-65-68-74(77)80-71-72(70-79-73(76)67-64-61-58-55-18-15-12-9-6-3)81-75(78)69-66-63-60-57-54-52-50-48-46-44-41-32-30-28-26-24-22-20-17-14-11-8-5-2/h7,10,16,19,23,25,28-31,34-35,37-38,40,42,45,47,51,53,72H,4-6,8-9,11-15,17-18,20-22,24,26-27,32-33,36,39,41,43-44,46,48-50,52,54-71H2,1-3H3/b10-7-,19-16-,25-23-,30-28-,31-29-,35-34-,38-37-,42-40-,47-45-,53-51-. The van der Waals surface area contributed by atoms with Gasteiger partial charge >= 0.3 is 17.9 Å². The molecule has 462 valence electrons. The Balaban J connectivity index is 4.28. The van der Waals surface area contributed by atoms with E-state index in [1.54, 1.807) is 0 Å². The van der Waals surface area contributed by atoms with Gasteiger partial charge in [-0.05, 0) is 116 Å². The van der Waals surface area contributed by atoms with Crippen LogP contribution in [-0.4, -0.2) is 37.2 Å². The second kappa shape index (κ2) is 68.3. The van der Waals surface area contributed by atoms with E-state index >= 15 is 0 Å². The Hall–Kier alpha value is -4.19. The molecule has 0 aromatic carbocycles. The third-order valence-corrected chi connectivity index (χ3v) is 14.5. The molecule has 0 saturated carbocycles. The quantitative estimate of drug-likeness (QED) is 0.0261. The number of rotatable bonds is 61. The van der Waals surface area contributed by atoms with Gasteiger partial charge in [0, 0.05) is 19.3 Å². The number of ether oxygens (including phenoxy) is 3. The van der Waals surface area contributed by atoms with Crippen LogP contribution in [0.2, 0.25) is 0 Å². The fourth-order valence-corrected chi connectivity index (χ4v) is 9.37. The van der Waals surface area contributed by atoms with Crippen molar-refractivity contribution in [2.75, 3.05) is 13.2 Å². The number of carbonyl (C=O) groups is 3. The summed E-state index contributed by atoms with van der Waals surface area (Å²) in [6.07, 6.45) is 95.1. The summed E-state index contributed by atoms with van der Waals surface area (Å²) in [5, 5.41) is 0. The van der Waals surface area contributed by atoms with E-state index in [2.05, 4.69) is 142 Å². The van der Waals surface area contributed by atoms with Crippen molar-refractivity contribution >= 4 is 17.9 Å². The third kappa shape index (κ3) is 66.5. The van der Waals surface area contributed by atoms with Gasteiger partial charge in [-0.25, -0.2) is 0 Å². The highest BCUT2D eigenvalue weighted by Crippen LogP contribution is 2.16. The topological polar surface area (TPSA) is 78.9 Å². The summed E-state index contributed by atoms with van der Waals surface area (Å²) < 4.78 is 16.9. The zero-order valence-corrected chi connectivity index (χ0v) is 53.0. The first-order valence-corrected chi connectivity index (χ1v) is 34.0. The lowest BCUT2D eigenvalue weighted by Crippen LogP contribution is -2.30. The molecule has 0 aliphatic rings. The molecule has 81 heavy (non-hydrogen) atoms. The van der Waals surface area contributed by atoms with Gasteiger partial charge in [0.1, 0.15) is 13.2 Å². The number of carbonyl (C=O) groups excluding carboxylic acids is 3. The first kappa shape index (κ1) is 76.8. The van der Waals surface area contributed by atoms with Crippen LogP contribution in [0.5, 0.6) is 0 Å². The molecule has 6 heteroatoms. The van der Waals surface area contributed by atoms with E-state index in [1.165, 1.54) is 154 Å². The number of hydrogen-bond donors (Lipinski definition) is 0. The van der Waals surface area contributed by atoms with Gasteiger partial charge in [-0.1, -0.05) is 303 Å². The Bertz CT molecular complexity index is 1670. The van der Waals surface area contributed by atoms with E-state index in [4.69, 9.17) is 14.2 Å². The molecule has 1 atom stereocenters. The van der Waals surface area contributed by atoms with E-state index in [0.717, 1.165) is 122 Å². The Morgan fingerprint density at radius 2 is 0.481 bits per heavy atom. The van der Waals surface area contributed by atoms with E-state index in [0.29, 0.717) is 19.3 Å². The molecule has 0 N–H and O–H groups in total. The van der Waals surface area contributed by atoms with Crippen molar-refractivity contribution in [1.82, 2.24) is 0 Å². The van der Waals surface area contributed by atoms with E-state index < -0.39 is 6.10 Å². The molecule has 0 saturated heterocycles. The van der Waals surface area contributed by atoms with Crippen LogP contribution < -0.4 is 0 Å². The molecule has 0 bridgehead atoms. The van der Waals surface area contributed by atoms with Gasteiger partial charge < -0.3 is 14.2 Å². The largest absolute Gasteiger partial charge is 0.462 e. The Morgan fingerprint density at radius 3 is 0.778 bits per heavy atom. The average Bonchev–Trinajstić information content (AvgIpc) is 3.47. The summed E-state index contributed by atoms with van der Waals surface area (Å²) in [5.74, 6) is -0.919. The smallest absolute Gasteiger partial charge is 0.306 e. The monoisotopic (exact) mass is 1120 g/mol. The second-order valence-electron chi connectivity index (χ2n) is 22.4. The molecular weight excluding hydrogens is 997 g/mol. The van der Waals surface area contributed by atoms with Crippen LogP contribution in [-0.2, 0) is 28.6 Å². The molecule has 0 aliphatic carbocycles. The number of unbranched alkanes of at least 4 members (excludes halogenated alkanes) is 30. The minimum atomic E-state index is -0.793. The van der Waals surface area contributed by atoms with Crippen molar-refractivity contribution in [1.29, 1.82) is 0 Å². The maximum atomic E-state index is 12.9. The molecule has 1 unspecified atom stereocenters. The normalized spacial score (nSPS) is 12.9. The Kier molecular flexibility index (Phi) is 64.8. The van der Waals surface area contributed by atoms with Crippen LogP contribution in [0.1, 0.15) is 316 Å². The molecule has 0 amide bonds. The second-order valence-corrected chi connectivity index (χ2v) is 22.4. The Morgan fingerprint density at radius 1 is 0.259 bits per heavy atom. The van der Waals surface area contributed by atoms with Crippen molar-refractivity contribution in [2.45, 2.75) is 322 Å². The maximum Gasteiger partial charge on any atom is 0.306 e. The molecule has 0 fully saturated rings. The summed E-state index contributed by atoms with van der Waals surface area (Å²) in [6.45, 7) is 6.50. The highest BCUT2D eigenvalue weighted by atomic mass is 16.6. The molecule has 0 rings (SSSR count). The van der Waals surface area contributed by atoms with Crippen LogP contribution in [0.4, 0.5) is 0 Å².